The summed E-state index contributed by atoms with van der Waals surface area (Å²) in [5, 5.41) is 5.77. The number of hydrogen-bond donors (Lipinski definition) is 1. The maximum atomic E-state index is 12.1. The molecule has 25 heavy (non-hydrogen) atoms. The maximum Gasteiger partial charge on any atom is 0.262 e. The molecule has 1 amide bonds. The van der Waals surface area contributed by atoms with E-state index in [-0.39, 0.29) is 12.5 Å². The van der Waals surface area contributed by atoms with Crippen molar-refractivity contribution in [3.05, 3.63) is 65.2 Å². The van der Waals surface area contributed by atoms with E-state index in [2.05, 4.69) is 22.4 Å². The van der Waals surface area contributed by atoms with Crippen molar-refractivity contribution in [1.82, 2.24) is 4.98 Å². The summed E-state index contributed by atoms with van der Waals surface area (Å²) in [5.74, 6) is 0.595. The Morgan fingerprint density at radius 1 is 1.12 bits per heavy atom. The Morgan fingerprint density at radius 2 is 1.96 bits per heavy atom. The van der Waals surface area contributed by atoms with Gasteiger partial charge in [0, 0.05) is 22.8 Å². The second-order valence-corrected chi connectivity index (χ2v) is 6.93. The molecule has 0 unspecified atom stereocenters. The van der Waals surface area contributed by atoms with Gasteiger partial charge in [0.15, 0.2) is 6.61 Å². The summed E-state index contributed by atoms with van der Waals surface area (Å²) in [6.07, 6.45) is 5.24. The molecule has 0 spiro atoms. The lowest BCUT2D eigenvalue weighted by atomic mass is 10.1. The largest absolute Gasteiger partial charge is 0.484 e. The zero-order valence-corrected chi connectivity index (χ0v) is 14.5. The first-order valence-electron chi connectivity index (χ1n) is 8.32. The highest BCUT2D eigenvalue weighted by Crippen LogP contribution is 2.26. The van der Waals surface area contributed by atoms with E-state index in [1.807, 2.05) is 35.7 Å². The first-order chi connectivity index (χ1) is 12.3. The molecule has 1 heterocycles. The second-order valence-electron chi connectivity index (χ2n) is 6.04. The van der Waals surface area contributed by atoms with E-state index < -0.39 is 0 Å². The lowest BCUT2D eigenvalue weighted by Gasteiger charge is -2.09. The number of nitrogens with one attached hydrogen (secondary N) is 1. The molecule has 0 atom stereocenters. The average molecular weight is 350 g/mol. The smallest absolute Gasteiger partial charge is 0.262 e. The Morgan fingerprint density at radius 3 is 2.76 bits per heavy atom. The van der Waals surface area contributed by atoms with E-state index in [9.17, 15) is 4.79 Å². The number of amides is 1. The SMILES string of the molecule is O=C(COc1ccc2c(c1)CCC2)Nc1ccc(-c2nccs2)cc1. The topological polar surface area (TPSA) is 51.2 Å². The Kier molecular flexibility index (Phi) is 4.48. The van der Waals surface area contributed by atoms with Crippen molar-refractivity contribution in [2.45, 2.75) is 19.3 Å². The van der Waals surface area contributed by atoms with Gasteiger partial charge in [-0.05, 0) is 66.8 Å². The van der Waals surface area contributed by atoms with Crippen LogP contribution in [0.3, 0.4) is 0 Å². The van der Waals surface area contributed by atoms with E-state index in [0.717, 1.165) is 34.8 Å². The summed E-state index contributed by atoms with van der Waals surface area (Å²) in [6, 6.07) is 13.8. The number of nitrogens with zero attached hydrogens (tertiary/aromatic N) is 1. The molecule has 4 rings (SSSR count). The van der Waals surface area contributed by atoms with Crippen molar-refractivity contribution in [3.63, 3.8) is 0 Å². The van der Waals surface area contributed by atoms with E-state index in [1.54, 1.807) is 17.5 Å². The molecule has 5 heteroatoms. The van der Waals surface area contributed by atoms with Crippen LogP contribution in [0.1, 0.15) is 17.5 Å². The summed E-state index contributed by atoms with van der Waals surface area (Å²) in [4.78, 5) is 16.4. The van der Waals surface area contributed by atoms with Crippen molar-refractivity contribution < 1.29 is 9.53 Å². The summed E-state index contributed by atoms with van der Waals surface area (Å²) in [7, 11) is 0. The molecule has 0 aliphatic heterocycles. The van der Waals surface area contributed by atoms with Gasteiger partial charge in [0.1, 0.15) is 10.8 Å². The molecule has 4 nitrogen and oxygen atoms in total. The van der Waals surface area contributed by atoms with Crippen LogP contribution in [0.2, 0.25) is 0 Å². The molecule has 2 aromatic carbocycles. The lowest BCUT2D eigenvalue weighted by molar-refractivity contribution is -0.118. The highest BCUT2D eigenvalue weighted by atomic mass is 32.1. The van der Waals surface area contributed by atoms with E-state index in [4.69, 9.17) is 4.74 Å². The molecular formula is C20H18N2O2S. The standard InChI is InChI=1S/C20H18N2O2S/c23-19(13-24-18-9-6-14-2-1-3-16(14)12-18)22-17-7-4-15(5-8-17)20-21-10-11-25-20/h4-12H,1-3,13H2,(H,22,23). The third-order valence-corrected chi connectivity index (χ3v) is 5.11. The monoisotopic (exact) mass is 350 g/mol. The average Bonchev–Trinajstić information content (AvgIpc) is 3.32. The van der Waals surface area contributed by atoms with Crippen LogP contribution in [0.4, 0.5) is 5.69 Å². The van der Waals surface area contributed by atoms with Crippen LogP contribution in [-0.4, -0.2) is 17.5 Å². The number of aryl methyl sites for hydroxylation is 2. The number of aromatic nitrogens is 1. The van der Waals surface area contributed by atoms with Gasteiger partial charge < -0.3 is 10.1 Å². The zero-order valence-electron chi connectivity index (χ0n) is 13.7. The van der Waals surface area contributed by atoms with Gasteiger partial charge in [0.25, 0.3) is 5.91 Å². The van der Waals surface area contributed by atoms with Crippen molar-refractivity contribution >= 4 is 22.9 Å². The maximum absolute atomic E-state index is 12.1. The number of ether oxygens (including phenoxy) is 1. The van der Waals surface area contributed by atoms with Gasteiger partial charge in [-0.2, -0.15) is 0 Å². The molecule has 1 N–H and O–H groups in total. The molecule has 126 valence electrons. The first kappa shape index (κ1) is 15.8. The molecule has 1 aliphatic rings. The van der Waals surface area contributed by atoms with Crippen LogP contribution in [0.15, 0.2) is 54.0 Å². The molecule has 0 fully saturated rings. The number of carbonyl (C=O) groups excluding carboxylic acids is 1. The van der Waals surface area contributed by atoms with Crippen molar-refractivity contribution in [3.8, 4) is 16.3 Å². The van der Waals surface area contributed by atoms with Gasteiger partial charge in [-0.15, -0.1) is 11.3 Å². The fraction of sp³-hybridized carbons (Fsp3) is 0.200. The van der Waals surface area contributed by atoms with E-state index >= 15 is 0 Å². The predicted molar refractivity (Wildman–Crippen MR) is 100 cm³/mol. The minimum Gasteiger partial charge on any atom is -0.484 e. The number of carbonyl (C=O) groups is 1. The molecule has 1 aromatic heterocycles. The normalized spacial score (nSPS) is 12.6. The molecule has 0 saturated heterocycles. The number of benzene rings is 2. The first-order valence-corrected chi connectivity index (χ1v) is 9.20. The fourth-order valence-corrected chi connectivity index (χ4v) is 3.69. The second kappa shape index (κ2) is 7.07. The van der Waals surface area contributed by atoms with Gasteiger partial charge in [-0.1, -0.05) is 6.07 Å². The predicted octanol–water partition coefficient (Wildman–Crippen LogP) is 4.32. The molecule has 0 saturated carbocycles. The molecular weight excluding hydrogens is 332 g/mol. The minimum atomic E-state index is -0.164. The van der Waals surface area contributed by atoms with Crippen LogP contribution >= 0.6 is 11.3 Å². The number of anilines is 1. The van der Waals surface area contributed by atoms with Crippen LogP contribution in [0.25, 0.3) is 10.6 Å². The molecule has 0 bridgehead atoms. The van der Waals surface area contributed by atoms with Crippen LogP contribution in [0.5, 0.6) is 5.75 Å². The van der Waals surface area contributed by atoms with Gasteiger partial charge in [-0.25, -0.2) is 4.98 Å². The lowest BCUT2D eigenvalue weighted by Crippen LogP contribution is -2.20. The summed E-state index contributed by atoms with van der Waals surface area (Å²) >= 11 is 1.59. The van der Waals surface area contributed by atoms with Gasteiger partial charge in [0.05, 0.1) is 0 Å². The zero-order chi connectivity index (χ0) is 17.1. The Labute approximate surface area is 150 Å². The van der Waals surface area contributed by atoms with Crippen LogP contribution in [-0.2, 0) is 17.6 Å². The number of thiazole rings is 1. The van der Waals surface area contributed by atoms with Crippen molar-refractivity contribution in [2.75, 3.05) is 11.9 Å². The van der Waals surface area contributed by atoms with E-state index in [1.165, 1.54) is 17.5 Å². The van der Waals surface area contributed by atoms with Gasteiger partial charge >= 0.3 is 0 Å². The molecule has 0 radical (unpaired) electrons. The van der Waals surface area contributed by atoms with Crippen LogP contribution in [0, 0.1) is 0 Å². The molecule has 3 aromatic rings. The third-order valence-electron chi connectivity index (χ3n) is 4.29. The Hall–Kier alpha value is -2.66. The number of hydrogen-bond acceptors (Lipinski definition) is 4. The third kappa shape index (κ3) is 3.72. The van der Waals surface area contributed by atoms with Crippen molar-refractivity contribution in [1.29, 1.82) is 0 Å². The molecule has 1 aliphatic carbocycles. The van der Waals surface area contributed by atoms with Crippen molar-refractivity contribution in [2.24, 2.45) is 0 Å². The van der Waals surface area contributed by atoms with E-state index in [0.29, 0.717) is 0 Å². The summed E-state index contributed by atoms with van der Waals surface area (Å²) in [5.41, 5.74) is 4.54. The fourth-order valence-electron chi connectivity index (χ4n) is 3.05. The van der Waals surface area contributed by atoms with Gasteiger partial charge in [-0.3, -0.25) is 4.79 Å². The highest BCUT2D eigenvalue weighted by molar-refractivity contribution is 7.13. The minimum absolute atomic E-state index is 0.00696. The quantitative estimate of drug-likeness (QED) is 0.746. The number of fused-ring (bicyclic) bond motifs is 1. The number of rotatable bonds is 5. The highest BCUT2D eigenvalue weighted by Gasteiger charge is 2.12. The van der Waals surface area contributed by atoms with Crippen LogP contribution < -0.4 is 10.1 Å². The van der Waals surface area contributed by atoms with Gasteiger partial charge in [0.2, 0.25) is 0 Å². The summed E-state index contributed by atoms with van der Waals surface area (Å²) < 4.78 is 5.63. The summed E-state index contributed by atoms with van der Waals surface area (Å²) in [6.45, 7) is 0.00696. The Balaban J connectivity index is 1.33. The Bertz CT molecular complexity index is 873.